The van der Waals surface area contributed by atoms with E-state index >= 15 is 0 Å². The Kier molecular flexibility index (Phi) is 5.68. The SMILES string of the molecule is O=C(Nc1ccc(C(F)(F)F)cc1)N1CCCCC(c2ccc(F)cc2)C1. The van der Waals surface area contributed by atoms with Crippen molar-refractivity contribution in [3.8, 4) is 0 Å². The smallest absolute Gasteiger partial charge is 0.324 e. The van der Waals surface area contributed by atoms with Gasteiger partial charge in [0.25, 0.3) is 0 Å². The van der Waals surface area contributed by atoms with Crippen molar-refractivity contribution in [2.24, 2.45) is 0 Å². The van der Waals surface area contributed by atoms with Crippen molar-refractivity contribution in [3.63, 3.8) is 0 Å². The first-order chi connectivity index (χ1) is 12.8. The lowest BCUT2D eigenvalue weighted by molar-refractivity contribution is -0.137. The molecule has 1 heterocycles. The van der Waals surface area contributed by atoms with E-state index in [0.29, 0.717) is 18.8 Å². The molecule has 3 nitrogen and oxygen atoms in total. The molecule has 2 aromatic carbocycles. The second kappa shape index (κ2) is 7.98. The van der Waals surface area contributed by atoms with Crippen molar-refractivity contribution in [1.29, 1.82) is 0 Å². The third-order valence-electron chi connectivity index (χ3n) is 4.76. The number of nitrogens with zero attached hydrogens (tertiary/aromatic N) is 1. The highest BCUT2D eigenvalue weighted by Gasteiger charge is 2.30. The van der Waals surface area contributed by atoms with Gasteiger partial charge in [-0.2, -0.15) is 13.2 Å². The number of hydrogen-bond acceptors (Lipinski definition) is 1. The van der Waals surface area contributed by atoms with E-state index in [1.54, 1.807) is 17.0 Å². The number of halogens is 4. The number of nitrogens with one attached hydrogen (secondary N) is 1. The van der Waals surface area contributed by atoms with E-state index in [9.17, 15) is 22.4 Å². The van der Waals surface area contributed by atoms with Gasteiger partial charge >= 0.3 is 12.2 Å². The minimum atomic E-state index is -4.41. The third kappa shape index (κ3) is 4.99. The Morgan fingerprint density at radius 1 is 1.00 bits per heavy atom. The molecule has 0 spiro atoms. The van der Waals surface area contributed by atoms with Gasteiger partial charge in [0.1, 0.15) is 5.82 Å². The highest BCUT2D eigenvalue weighted by atomic mass is 19.4. The van der Waals surface area contributed by atoms with Crippen molar-refractivity contribution in [3.05, 3.63) is 65.5 Å². The molecule has 1 saturated heterocycles. The number of hydrogen-bond donors (Lipinski definition) is 1. The zero-order valence-corrected chi connectivity index (χ0v) is 14.6. The lowest BCUT2D eigenvalue weighted by atomic mass is 9.94. The molecule has 1 aliphatic heterocycles. The maximum absolute atomic E-state index is 13.1. The Bertz CT molecular complexity index is 772. The van der Waals surface area contributed by atoms with Crippen molar-refractivity contribution in [2.45, 2.75) is 31.4 Å². The minimum Gasteiger partial charge on any atom is -0.324 e. The first-order valence-corrected chi connectivity index (χ1v) is 8.81. The maximum atomic E-state index is 13.1. The fraction of sp³-hybridized carbons (Fsp3) is 0.350. The second-order valence-corrected chi connectivity index (χ2v) is 6.70. The molecule has 1 atom stereocenters. The molecule has 1 aliphatic rings. The minimum absolute atomic E-state index is 0.103. The molecule has 0 bridgehead atoms. The molecule has 27 heavy (non-hydrogen) atoms. The molecular weight excluding hydrogens is 360 g/mol. The first kappa shape index (κ1) is 19.2. The second-order valence-electron chi connectivity index (χ2n) is 6.70. The van der Waals surface area contributed by atoms with Gasteiger partial charge in [0.15, 0.2) is 0 Å². The van der Waals surface area contributed by atoms with Crippen LogP contribution in [-0.4, -0.2) is 24.0 Å². The normalized spacial score (nSPS) is 18.1. The predicted molar refractivity (Wildman–Crippen MR) is 95.0 cm³/mol. The van der Waals surface area contributed by atoms with E-state index in [4.69, 9.17) is 0 Å². The lowest BCUT2D eigenvalue weighted by Crippen LogP contribution is -2.37. The molecule has 0 aromatic heterocycles. The van der Waals surface area contributed by atoms with E-state index < -0.39 is 11.7 Å². The van der Waals surface area contributed by atoms with Crippen LogP contribution in [0.25, 0.3) is 0 Å². The fourth-order valence-corrected chi connectivity index (χ4v) is 3.28. The molecule has 3 rings (SSSR count). The standard InChI is InChI=1S/C20H20F4N2O/c21-17-8-4-14(5-9-17)15-3-1-2-12-26(13-15)19(27)25-18-10-6-16(7-11-18)20(22,23)24/h4-11,15H,1-3,12-13H2,(H,25,27). The third-order valence-corrected chi connectivity index (χ3v) is 4.76. The number of rotatable bonds is 2. The van der Waals surface area contributed by atoms with Gasteiger partial charge < -0.3 is 10.2 Å². The Balaban J connectivity index is 1.67. The average molecular weight is 380 g/mol. The summed E-state index contributed by atoms with van der Waals surface area (Å²) in [5.41, 5.74) is 0.535. The van der Waals surface area contributed by atoms with Crippen molar-refractivity contribution < 1.29 is 22.4 Å². The first-order valence-electron chi connectivity index (χ1n) is 8.81. The topological polar surface area (TPSA) is 32.3 Å². The molecule has 2 amide bonds. The van der Waals surface area contributed by atoms with E-state index in [1.165, 1.54) is 24.3 Å². The van der Waals surface area contributed by atoms with Crippen LogP contribution in [0.15, 0.2) is 48.5 Å². The summed E-state index contributed by atoms with van der Waals surface area (Å²) in [7, 11) is 0. The molecule has 1 N–H and O–H groups in total. The maximum Gasteiger partial charge on any atom is 0.416 e. The molecule has 1 unspecified atom stereocenters. The van der Waals surface area contributed by atoms with Gasteiger partial charge in [-0.1, -0.05) is 18.6 Å². The van der Waals surface area contributed by atoms with Crippen LogP contribution in [0, 0.1) is 5.82 Å². The summed E-state index contributed by atoms with van der Waals surface area (Å²) in [6.45, 7) is 1.06. The molecule has 144 valence electrons. The van der Waals surface area contributed by atoms with E-state index in [0.717, 1.165) is 37.0 Å². The number of carbonyl (C=O) groups is 1. The van der Waals surface area contributed by atoms with E-state index in [-0.39, 0.29) is 17.8 Å². The summed E-state index contributed by atoms with van der Waals surface area (Å²) in [6, 6.07) is 10.3. The molecule has 0 aliphatic carbocycles. The number of alkyl halides is 3. The molecule has 1 fully saturated rings. The highest BCUT2D eigenvalue weighted by Crippen LogP contribution is 2.30. The summed E-state index contributed by atoms with van der Waals surface area (Å²) in [5.74, 6) is -0.198. The largest absolute Gasteiger partial charge is 0.416 e. The van der Waals surface area contributed by atoms with Crippen LogP contribution in [0.2, 0.25) is 0 Å². The van der Waals surface area contributed by atoms with E-state index in [2.05, 4.69) is 5.32 Å². The summed E-state index contributed by atoms with van der Waals surface area (Å²) >= 11 is 0. The number of amides is 2. The van der Waals surface area contributed by atoms with Gasteiger partial charge in [-0.15, -0.1) is 0 Å². The Morgan fingerprint density at radius 2 is 1.67 bits per heavy atom. The monoisotopic (exact) mass is 380 g/mol. The average Bonchev–Trinajstić information content (AvgIpc) is 2.88. The summed E-state index contributed by atoms with van der Waals surface area (Å²) in [4.78, 5) is 14.2. The van der Waals surface area contributed by atoms with Crippen LogP contribution in [0.1, 0.15) is 36.3 Å². The van der Waals surface area contributed by atoms with Crippen LogP contribution in [0.3, 0.4) is 0 Å². The zero-order valence-electron chi connectivity index (χ0n) is 14.6. The Morgan fingerprint density at radius 3 is 2.30 bits per heavy atom. The number of benzene rings is 2. The van der Waals surface area contributed by atoms with Gasteiger partial charge in [0, 0.05) is 24.7 Å². The molecule has 2 aromatic rings. The lowest BCUT2D eigenvalue weighted by Gasteiger charge is -2.25. The molecule has 0 saturated carbocycles. The van der Waals surface area contributed by atoms with Gasteiger partial charge in [-0.05, 0) is 54.8 Å². The quantitative estimate of drug-likeness (QED) is 0.671. The van der Waals surface area contributed by atoms with Crippen LogP contribution in [0.4, 0.5) is 28.0 Å². The summed E-state index contributed by atoms with van der Waals surface area (Å²) in [6.07, 6.45) is -1.71. The van der Waals surface area contributed by atoms with Crippen LogP contribution in [-0.2, 0) is 6.18 Å². The zero-order chi connectivity index (χ0) is 19.4. The predicted octanol–water partition coefficient (Wildman–Crippen LogP) is 5.65. The van der Waals surface area contributed by atoms with Gasteiger partial charge in [0.05, 0.1) is 5.56 Å². The van der Waals surface area contributed by atoms with Crippen molar-refractivity contribution >= 4 is 11.7 Å². The fourth-order valence-electron chi connectivity index (χ4n) is 3.28. The van der Waals surface area contributed by atoms with Gasteiger partial charge in [-0.3, -0.25) is 0 Å². The number of carbonyl (C=O) groups excluding carboxylic acids is 1. The Hall–Kier alpha value is -2.57. The van der Waals surface area contributed by atoms with Crippen LogP contribution < -0.4 is 5.32 Å². The van der Waals surface area contributed by atoms with Gasteiger partial charge in [0.2, 0.25) is 0 Å². The van der Waals surface area contributed by atoms with Gasteiger partial charge in [-0.25, -0.2) is 9.18 Å². The molecular formula is C20H20F4N2O. The van der Waals surface area contributed by atoms with E-state index in [1.807, 2.05) is 0 Å². The van der Waals surface area contributed by atoms with Crippen LogP contribution >= 0.6 is 0 Å². The molecule has 7 heteroatoms. The van der Waals surface area contributed by atoms with Crippen molar-refractivity contribution in [2.75, 3.05) is 18.4 Å². The number of urea groups is 1. The highest BCUT2D eigenvalue weighted by molar-refractivity contribution is 5.89. The number of likely N-dealkylation sites (tertiary alicyclic amines) is 1. The molecule has 0 radical (unpaired) electrons. The number of anilines is 1. The summed E-state index contributed by atoms with van der Waals surface area (Å²) < 4.78 is 51.0. The summed E-state index contributed by atoms with van der Waals surface area (Å²) in [5, 5.41) is 2.66. The van der Waals surface area contributed by atoms with Crippen LogP contribution in [0.5, 0.6) is 0 Å². The van der Waals surface area contributed by atoms with Crippen molar-refractivity contribution in [1.82, 2.24) is 4.90 Å². The Labute approximate surface area is 155 Å².